The molecule has 1 nitrogen and oxygen atoms in total. The lowest BCUT2D eigenvalue weighted by Crippen LogP contribution is -2.18. The van der Waals surface area contributed by atoms with E-state index in [9.17, 15) is 0 Å². The SMILES string of the molecule is CC(CCCl)CCSC1CCOCC1. The lowest BCUT2D eigenvalue weighted by Gasteiger charge is -2.22. The van der Waals surface area contributed by atoms with Gasteiger partial charge in [0, 0.05) is 24.3 Å². The van der Waals surface area contributed by atoms with Crippen LogP contribution in [0.4, 0.5) is 0 Å². The topological polar surface area (TPSA) is 9.23 Å². The van der Waals surface area contributed by atoms with Crippen LogP contribution in [-0.4, -0.2) is 30.1 Å². The highest BCUT2D eigenvalue weighted by Crippen LogP contribution is 2.24. The molecule has 1 atom stereocenters. The molecule has 1 aliphatic rings. The molecule has 0 saturated carbocycles. The van der Waals surface area contributed by atoms with Gasteiger partial charge in [0.25, 0.3) is 0 Å². The number of halogens is 1. The van der Waals surface area contributed by atoms with E-state index in [1.807, 2.05) is 0 Å². The molecule has 1 saturated heterocycles. The van der Waals surface area contributed by atoms with Crippen LogP contribution in [0.1, 0.15) is 32.6 Å². The van der Waals surface area contributed by atoms with Crippen molar-refractivity contribution in [3.63, 3.8) is 0 Å². The second-order valence-corrected chi connectivity index (χ2v) is 5.84. The van der Waals surface area contributed by atoms with Crippen LogP contribution in [0.2, 0.25) is 0 Å². The smallest absolute Gasteiger partial charge is 0.0476 e. The van der Waals surface area contributed by atoms with Crippen molar-refractivity contribution < 1.29 is 4.74 Å². The molecule has 1 rings (SSSR count). The van der Waals surface area contributed by atoms with E-state index in [1.165, 1.54) is 25.0 Å². The van der Waals surface area contributed by atoms with Gasteiger partial charge >= 0.3 is 0 Å². The highest BCUT2D eigenvalue weighted by atomic mass is 35.5. The Morgan fingerprint density at radius 3 is 2.71 bits per heavy atom. The van der Waals surface area contributed by atoms with Gasteiger partial charge in [-0.15, -0.1) is 11.6 Å². The largest absolute Gasteiger partial charge is 0.381 e. The highest BCUT2D eigenvalue weighted by Gasteiger charge is 2.14. The Morgan fingerprint density at radius 2 is 2.07 bits per heavy atom. The Balaban J connectivity index is 1.96. The first-order valence-corrected chi connectivity index (χ1v) is 7.16. The van der Waals surface area contributed by atoms with Gasteiger partial charge in [-0.3, -0.25) is 0 Å². The molecule has 0 bridgehead atoms. The van der Waals surface area contributed by atoms with Gasteiger partial charge in [0.05, 0.1) is 0 Å². The molecule has 84 valence electrons. The molecule has 1 unspecified atom stereocenters. The third kappa shape index (κ3) is 5.47. The number of rotatable bonds is 6. The van der Waals surface area contributed by atoms with Crippen molar-refractivity contribution in [2.75, 3.05) is 24.8 Å². The van der Waals surface area contributed by atoms with Crippen molar-refractivity contribution in [3.8, 4) is 0 Å². The lowest BCUT2D eigenvalue weighted by atomic mass is 10.1. The fourth-order valence-corrected chi connectivity index (χ4v) is 3.38. The average molecular weight is 237 g/mol. The van der Waals surface area contributed by atoms with Gasteiger partial charge in [0.1, 0.15) is 0 Å². The third-order valence-electron chi connectivity index (χ3n) is 2.73. The molecular formula is C11H21ClOS. The van der Waals surface area contributed by atoms with Crippen molar-refractivity contribution in [2.45, 2.75) is 37.9 Å². The second kappa shape index (κ2) is 7.84. The van der Waals surface area contributed by atoms with E-state index in [0.717, 1.165) is 36.7 Å². The zero-order valence-corrected chi connectivity index (χ0v) is 10.6. The van der Waals surface area contributed by atoms with E-state index in [-0.39, 0.29) is 0 Å². The van der Waals surface area contributed by atoms with Crippen LogP contribution in [0.15, 0.2) is 0 Å². The molecule has 0 aromatic heterocycles. The first-order valence-electron chi connectivity index (χ1n) is 5.58. The zero-order valence-electron chi connectivity index (χ0n) is 9.01. The minimum Gasteiger partial charge on any atom is -0.381 e. The summed E-state index contributed by atoms with van der Waals surface area (Å²) in [5, 5.41) is 0.854. The normalized spacial score (nSPS) is 21.0. The molecule has 0 radical (unpaired) electrons. The third-order valence-corrected chi connectivity index (χ3v) is 4.37. The molecule has 0 N–H and O–H groups in total. The summed E-state index contributed by atoms with van der Waals surface area (Å²) in [4.78, 5) is 0. The Kier molecular flexibility index (Phi) is 7.09. The van der Waals surface area contributed by atoms with Crippen LogP contribution in [0.5, 0.6) is 0 Å². The van der Waals surface area contributed by atoms with Crippen LogP contribution >= 0.6 is 23.4 Å². The van der Waals surface area contributed by atoms with Gasteiger partial charge in [-0.2, -0.15) is 11.8 Å². The van der Waals surface area contributed by atoms with Crippen molar-refractivity contribution in [3.05, 3.63) is 0 Å². The fraction of sp³-hybridized carbons (Fsp3) is 1.00. The van der Waals surface area contributed by atoms with Crippen molar-refractivity contribution in [1.29, 1.82) is 0 Å². The van der Waals surface area contributed by atoms with Crippen molar-refractivity contribution in [1.82, 2.24) is 0 Å². The molecule has 1 heterocycles. The maximum atomic E-state index is 5.70. The summed E-state index contributed by atoms with van der Waals surface area (Å²) in [5.74, 6) is 2.89. The first kappa shape index (κ1) is 12.7. The minimum atomic E-state index is 0.792. The molecule has 14 heavy (non-hydrogen) atoms. The van der Waals surface area contributed by atoms with E-state index in [4.69, 9.17) is 16.3 Å². The summed E-state index contributed by atoms with van der Waals surface area (Å²) in [5.41, 5.74) is 0. The van der Waals surface area contributed by atoms with Crippen LogP contribution < -0.4 is 0 Å². The molecule has 1 aliphatic heterocycles. The highest BCUT2D eigenvalue weighted by molar-refractivity contribution is 7.99. The Morgan fingerprint density at radius 1 is 1.36 bits per heavy atom. The van der Waals surface area contributed by atoms with Crippen molar-refractivity contribution >= 4 is 23.4 Å². The summed E-state index contributed by atoms with van der Waals surface area (Å²) >= 11 is 7.83. The van der Waals surface area contributed by atoms with Gasteiger partial charge in [0.15, 0.2) is 0 Å². The van der Waals surface area contributed by atoms with Gasteiger partial charge in [0.2, 0.25) is 0 Å². The summed E-state index contributed by atoms with van der Waals surface area (Å²) < 4.78 is 5.33. The fourth-order valence-electron chi connectivity index (χ4n) is 1.61. The number of ether oxygens (including phenoxy) is 1. The summed E-state index contributed by atoms with van der Waals surface area (Å²) in [6.45, 7) is 4.23. The predicted molar refractivity (Wildman–Crippen MR) is 65.4 cm³/mol. The van der Waals surface area contributed by atoms with E-state index in [0.29, 0.717) is 0 Å². The van der Waals surface area contributed by atoms with E-state index in [1.54, 1.807) is 0 Å². The summed E-state index contributed by atoms with van der Waals surface area (Å²) in [6.07, 6.45) is 4.97. The Bertz CT molecular complexity index is 137. The van der Waals surface area contributed by atoms with Crippen LogP contribution in [-0.2, 0) is 4.74 Å². The average Bonchev–Trinajstić information content (AvgIpc) is 2.20. The van der Waals surface area contributed by atoms with Gasteiger partial charge in [-0.1, -0.05) is 6.92 Å². The summed E-state index contributed by atoms with van der Waals surface area (Å²) in [6, 6.07) is 0. The predicted octanol–water partition coefficient (Wildman–Crippen LogP) is 3.55. The molecule has 1 fully saturated rings. The monoisotopic (exact) mass is 236 g/mol. The van der Waals surface area contributed by atoms with Gasteiger partial charge < -0.3 is 4.74 Å². The van der Waals surface area contributed by atoms with Crippen molar-refractivity contribution in [2.24, 2.45) is 5.92 Å². The maximum Gasteiger partial charge on any atom is 0.0476 e. The minimum absolute atomic E-state index is 0.792. The number of hydrogen-bond acceptors (Lipinski definition) is 2. The maximum absolute atomic E-state index is 5.70. The molecular weight excluding hydrogens is 216 g/mol. The Hall–Kier alpha value is 0.600. The number of thioether (sulfide) groups is 1. The molecule has 0 amide bonds. The quantitative estimate of drug-likeness (QED) is 0.653. The molecule has 0 aromatic carbocycles. The number of hydrogen-bond donors (Lipinski definition) is 0. The Labute approximate surface area is 96.9 Å². The van der Waals surface area contributed by atoms with E-state index < -0.39 is 0 Å². The zero-order chi connectivity index (χ0) is 10.2. The standard InChI is InChI=1S/C11H21ClOS/c1-10(2-6-12)5-9-14-11-3-7-13-8-4-11/h10-11H,2-9H2,1H3. The first-order chi connectivity index (χ1) is 6.83. The van der Waals surface area contributed by atoms with Crippen LogP contribution in [0.25, 0.3) is 0 Å². The van der Waals surface area contributed by atoms with Gasteiger partial charge in [-0.05, 0) is 37.4 Å². The lowest BCUT2D eigenvalue weighted by molar-refractivity contribution is 0.1000. The van der Waals surface area contributed by atoms with Crippen LogP contribution in [0.3, 0.4) is 0 Å². The molecule has 0 aliphatic carbocycles. The van der Waals surface area contributed by atoms with Crippen LogP contribution in [0, 0.1) is 5.92 Å². The van der Waals surface area contributed by atoms with Gasteiger partial charge in [-0.25, -0.2) is 0 Å². The summed E-state index contributed by atoms with van der Waals surface area (Å²) in [7, 11) is 0. The molecule has 0 spiro atoms. The molecule has 0 aromatic rings. The number of alkyl halides is 1. The van der Waals surface area contributed by atoms with E-state index >= 15 is 0 Å². The molecule has 3 heteroatoms. The second-order valence-electron chi connectivity index (χ2n) is 4.05. The van der Waals surface area contributed by atoms with E-state index in [2.05, 4.69) is 18.7 Å².